The first kappa shape index (κ1) is 19.9. The quantitative estimate of drug-likeness (QED) is 0.337. The Balaban J connectivity index is 2.51. The fraction of sp³-hybridized carbons (Fsp3) is 0.647. The number of unbranched alkanes of at least 4 members (excludes halogenated alkanes) is 6. The Labute approximate surface area is 140 Å². The Morgan fingerprint density at radius 3 is 2.13 bits per heavy atom. The average Bonchev–Trinajstić information content (AvgIpc) is 2.45. The van der Waals surface area contributed by atoms with Crippen LogP contribution in [0.2, 0.25) is 0 Å². The van der Waals surface area contributed by atoms with Crippen molar-refractivity contribution in [1.82, 2.24) is 0 Å². The van der Waals surface area contributed by atoms with Gasteiger partial charge in [-0.05, 0) is 18.6 Å². The fourth-order valence-corrected chi connectivity index (χ4v) is 3.04. The Morgan fingerprint density at radius 2 is 1.57 bits per heavy atom. The van der Waals surface area contributed by atoms with Crippen LogP contribution in [0.15, 0.2) is 30.3 Å². The van der Waals surface area contributed by atoms with Crippen molar-refractivity contribution in [3.05, 3.63) is 30.3 Å². The lowest BCUT2D eigenvalue weighted by atomic mass is 10.1. The Hall–Kier alpha value is -1.11. The van der Waals surface area contributed by atoms with Crippen molar-refractivity contribution in [2.75, 3.05) is 0 Å². The average molecular weight is 344 g/mol. The van der Waals surface area contributed by atoms with Crippen LogP contribution in [0.5, 0.6) is 5.75 Å². The molecule has 0 fully saturated rings. The minimum atomic E-state index is -4.58. The first-order valence-corrected chi connectivity index (χ1v) is 9.63. The van der Waals surface area contributed by atoms with E-state index in [1.165, 1.54) is 32.6 Å². The van der Waals surface area contributed by atoms with E-state index < -0.39 is 16.2 Å². The molecule has 0 saturated carbocycles. The number of para-hydroxylation sites is 1. The van der Waals surface area contributed by atoms with Crippen molar-refractivity contribution in [2.24, 2.45) is 0 Å². The number of hydrogen-bond acceptors (Lipinski definition) is 4. The minimum absolute atomic E-state index is 0.384. The van der Waals surface area contributed by atoms with E-state index in [0.717, 1.165) is 19.3 Å². The largest absolute Gasteiger partial charge is 0.461 e. The van der Waals surface area contributed by atoms with Crippen LogP contribution in [-0.2, 0) is 14.6 Å². The summed E-state index contributed by atoms with van der Waals surface area (Å²) in [5.41, 5.74) is 0. The van der Waals surface area contributed by atoms with Crippen molar-refractivity contribution < 1.29 is 21.9 Å². The number of benzene rings is 1. The molecule has 1 aromatic carbocycles. The van der Waals surface area contributed by atoms with Gasteiger partial charge < -0.3 is 4.74 Å². The topological polar surface area (TPSA) is 72.8 Å². The maximum absolute atomic E-state index is 11.1. The molecule has 1 N–H and O–H groups in total. The van der Waals surface area contributed by atoms with E-state index in [-0.39, 0.29) is 0 Å². The molecule has 0 aliphatic carbocycles. The molecule has 0 spiro atoms. The highest BCUT2D eigenvalue weighted by atomic mass is 32.3. The maximum Gasteiger partial charge on any atom is 0.400 e. The Bertz CT molecular complexity index is 529. The van der Waals surface area contributed by atoms with E-state index in [1.54, 1.807) is 24.3 Å². The molecule has 1 rings (SSSR count). The molecule has 0 radical (unpaired) electrons. The number of ether oxygens (including phenoxy) is 1. The zero-order valence-corrected chi connectivity index (χ0v) is 14.8. The van der Waals surface area contributed by atoms with Crippen molar-refractivity contribution in [1.29, 1.82) is 0 Å². The van der Waals surface area contributed by atoms with Crippen LogP contribution in [0.3, 0.4) is 0 Å². The standard InChI is InChI=1S/C17H28O5S/c1-3-4-5-6-7-8-12-15-17(2,22-23(18,19)20)21-16-13-10-9-11-14-16/h9-11,13-14H,3-8,12,15H2,1-2H3,(H,18,19,20). The lowest BCUT2D eigenvalue weighted by Crippen LogP contribution is -2.38. The van der Waals surface area contributed by atoms with E-state index in [4.69, 9.17) is 13.5 Å². The van der Waals surface area contributed by atoms with E-state index in [2.05, 4.69) is 6.92 Å². The first-order valence-electron chi connectivity index (χ1n) is 8.27. The van der Waals surface area contributed by atoms with Crippen molar-refractivity contribution in [3.8, 4) is 5.75 Å². The minimum Gasteiger partial charge on any atom is -0.461 e. The van der Waals surface area contributed by atoms with Crippen LogP contribution < -0.4 is 4.74 Å². The molecule has 0 bridgehead atoms. The second-order valence-corrected chi connectivity index (χ2v) is 6.95. The third kappa shape index (κ3) is 9.58. The zero-order chi connectivity index (χ0) is 17.2. The molecule has 5 nitrogen and oxygen atoms in total. The molecule has 0 aromatic heterocycles. The lowest BCUT2D eigenvalue weighted by molar-refractivity contribution is -0.106. The zero-order valence-electron chi connectivity index (χ0n) is 14.0. The van der Waals surface area contributed by atoms with E-state index in [1.807, 2.05) is 6.07 Å². The summed E-state index contributed by atoms with van der Waals surface area (Å²) in [6.45, 7) is 3.71. The predicted molar refractivity (Wildman–Crippen MR) is 90.7 cm³/mol. The van der Waals surface area contributed by atoms with Crippen molar-refractivity contribution in [3.63, 3.8) is 0 Å². The molecular weight excluding hydrogens is 316 g/mol. The molecule has 0 aliphatic heterocycles. The van der Waals surface area contributed by atoms with Crippen LogP contribution in [-0.4, -0.2) is 18.8 Å². The summed E-state index contributed by atoms with van der Waals surface area (Å²) >= 11 is 0. The molecule has 0 saturated heterocycles. The second kappa shape index (κ2) is 9.90. The normalized spacial score (nSPS) is 14.4. The highest BCUT2D eigenvalue weighted by molar-refractivity contribution is 7.80. The van der Waals surface area contributed by atoms with Gasteiger partial charge in [-0.3, -0.25) is 4.55 Å². The molecule has 6 heteroatoms. The lowest BCUT2D eigenvalue weighted by Gasteiger charge is -2.28. The summed E-state index contributed by atoms with van der Waals surface area (Å²) in [4.78, 5) is 0. The van der Waals surface area contributed by atoms with Crippen molar-refractivity contribution in [2.45, 2.75) is 71.0 Å². The van der Waals surface area contributed by atoms with Crippen LogP contribution in [0.1, 0.15) is 65.2 Å². The monoisotopic (exact) mass is 344 g/mol. The third-order valence-corrected chi connectivity index (χ3v) is 4.16. The van der Waals surface area contributed by atoms with E-state index in [0.29, 0.717) is 12.2 Å². The smallest absolute Gasteiger partial charge is 0.400 e. The molecule has 0 heterocycles. The highest BCUT2D eigenvalue weighted by Crippen LogP contribution is 2.26. The van der Waals surface area contributed by atoms with Gasteiger partial charge in [0, 0.05) is 13.3 Å². The number of hydrogen-bond donors (Lipinski definition) is 1. The van der Waals surface area contributed by atoms with Gasteiger partial charge in [0.2, 0.25) is 5.79 Å². The summed E-state index contributed by atoms with van der Waals surface area (Å²) in [7, 11) is -4.58. The van der Waals surface area contributed by atoms with Crippen LogP contribution in [0.4, 0.5) is 0 Å². The molecule has 23 heavy (non-hydrogen) atoms. The molecule has 1 unspecified atom stereocenters. The van der Waals surface area contributed by atoms with Gasteiger partial charge in [-0.25, -0.2) is 4.18 Å². The molecule has 1 atom stereocenters. The second-order valence-electron chi connectivity index (χ2n) is 5.93. The summed E-state index contributed by atoms with van der Waals surface area (Å²) < 4.78 is 41.6. The molecular formula is C17H28O5S. The SMILES string of the molecule is CCCCCCCCCC(C)(Oc1ccccc1)OS(=O)(=O)O. The van der Waals surface area contributed by atoms with Crippen molar-refractivity contribution >= 4 is 10.4 Å². The van der Waals surface area contributed by atoms with Gasteiger partial charge in [-0.15, -0.1) is 0 Å². The third-order valence-electron chi connectivity index (χ3n) is 3.59. The van der Waals surface area contributed by atoms with Crippen LogP contribution in [0, 0.1) is 0 Å². The van der Waals surface area contributed by atoms with Gasteiger partial charge in [-0.2, -0.15) is 8.42 Å². The molecule has 132 valence electrons. The molecule has 0 aliphatic rings. The molecule has 0 amide bonds. The Kier molecular flexibility index (Phi) is 8.58. The van der Waals surface area contributed by atoms with Gasteiger partial charge >= 0.3 is 10.4 Å². The summed E-state index contributed by atoms with van der Waals surface area (Å²) in [5.74, 6) is -0.903. The van der Waals surface area contributed by atoms with E-state index in [9.17, 15) is 8.42 Å². The summed E-state index contributed by atoms with van der Waals surface area (Å²) in [5, 5.41) is 0. The fourth-order valence-electron chi connectivity index (χ4n) is 2.47. The van der Waals surface area contributed by atoms with Gasteiger partial charge in [0.15, 0.2) is 0 Å². The summed E-state index contributed by atoms with van der Waals surface area (Å²) in [6, 6.07) is 8.85. The van der Waals surface area contributed by atoms with Gasteiger partial charge in [-0.1, -0.05) is 63.6 Å². The number of rotatable bonds is 12. The van der Waals surface area contributed by atoms with Crippen LogP contribution in [0.25, 0.3) is 0 Å². The first-order chi connectivity index (χ1) is 10.8. The summed E-state index contributed by atoms with van der Waals surface area (Å²) in [6.07, 6.45) is 8.12. The Morgan fingerprint density at radius 1 is 1.00 bits per heavy atom. The highest BCUT2D eigenvalue weighted by Gasteiger charge is 2.32. The molecule has 1 aromatic rings. The van der Waals surface area contributed by atoms with E-state index >= 15 is 0 Å². The predicted octanol–water partition coefficient (Wildman–Crippen LogP) is 4.74. The van der Waals surface area contributed by atoms with Gasteiger partial charge in [0.1, 0.15) is 5.75 Å². The van der Waals surface area contributed by atoms with Crippen LogP contribution >= 0.6 is 0 Å². The van der Waals surface area contributed by atoms with Gasteiger partial charge in [0.05, 0.1) is 0 Å². The maximum atomic E-state index is 11.1. The van der Waals surface area contributed by atoms with Gasteiger partial charge in [0.25, 0.3) is 0 Å².